The third-order valence-electron chi connectivity index (χ3n) is 2.92. The fourth-order valence-electron chi connectivity index (χ4n) is 1.88. The Hall–Kier alpha value is -1.70. The Labute approximate surface area is 103 Å². The van der Waals surface area contributed by atoms with Gasteiger partial charge in [-0.15, -0.1) is 0 Å². The number of aryl methyl sites for hydroxylation is 2. The van der Waals surface area contributed by atoms with Crippen LogP contribution in [0.2, 0.25) is 0 Å². The molecule has 0 saturated heterocycles. The Morgan fingerprint density at radius 3 is 2.35 bits per heavy atom. The van der Waals surface area contributed by atoms with E-state index in [-0.39, 0.29) is 0 Å². The number of nitrogens with zero attached hydrogens (tertiary/aromatic N) is 1. The third-order valence-corrected chi connectivity index (χ3v) is 2.92. The van der Waals surface area contributed by atoms with Crippen LogP contribution < -0.4 is 4.90 Å². The minimum absolute atomic E-state index is 1.02. The van der Waals surface area contributed by atoms with E-state index < -0.39 is 0 Å². The van der Waals surface area contributed by atoms with E-state index in [0.717, 1.165) is 25.0 Å². The molecule has 2 rings (SSSR count). The molecule has 90 valence electrons. The van der Waals surface area contributed by atoms with Gasteiger partial charge in [0.1, 0.15) is 5.76 Å². The van der Waals surface area contributed by atoms with Crippen LogP contribution in [0.1, 0.15) is 17.7 Å². The predicted molar refractivity (Wildman–Crippen MR) is 71.5 cm³/mol. The van der Waals surface area contributed by atoms with Gasteiger partial charge in [-0.05, 0) is 42.7 Å². The van der Waals surface area contributed by atoms with E-state index in [9.17, 15) is 0 Å². The maximum Gasteiger partial charge on any atom is 0.103 e. The molecule has 0 aliphatic heterocycles. The van der Waals surface area contributed by atoms with E-state index in [4.69, 9.17) is 4.42 Å². The molecule has 0 saturated carbocycles. The monoisotopic (exact) mass is 229 g/mol. The molecular formula is C15H19NO. The summed E-state index contributed by atoms with van der Waals surface area (Å²) in [6.45, 7) is 0. The molecule has 0 bridgehead atoms. The Morgan fingerprint density at radius 2 is 1.76 bits per heavy atom. The highest BCUT2D eigenvalue weighted by Gasteiger charge is 1.99. The number of benzene rings is 1. The highest BCUT2D eigenvalue weighted by atomic mass is 16.3. The number of hydrogen-bond donors (Lipinski definition) is 0. The highest BCUT2D eigenvalue weighted by molar-refractivity contribution is 5.45. The normalized spacial score (nSPS) is 10.5. The second-order valence-electron chi connectivity index (χ2n) is 4.49. The van der Waals surface area contributed by atoms with Crippen LogP contribution in [0.15, 0.2) is 47.1 Å². The largest absolute Gasteiger partial charge is 0.469 e. The van der Waals surface area contributed by atoms with Crippen molar-refractivity contribution >= 4 is 5.69 Å². The fourth-order valence-corrected chi connectivity index (χ4v) is 1.88. The molecule has 0 radical (unpaired) electrons. The molecule has 0 amide bonds. The van der Waals surface area contributed by atoms with E-state index in [0.29, 0.717) is 0 Å². The van der Waals surface area contributed by atoms with Crippen LogP contribution in [-0.2, 0) is 12.8 Å². The molecule has 0 spiro atoms. The summed E-state index contributed by atoms with van der Waals surface area (Å²) < 4.78 is 5.32. The lowest BCUT2D eigenvalue weighted by Crippen LogP contribution is -2.08. The summed E-state index contributed by atoms with van der Waals surface area (Å²) in [7, 11) is 4.12. The van der Waals surface area contributed by atoms with Crippen molar-refractivity contribution in [1.82, 2.24) is 0 Å². The van der Waals surface area contributed by atoms with Crippen LogP contribution in [0.5, 0.6) is 0 Å². The van der Waals surface area contributed by atoms with Gasteiger partial charge in [0.05, 0.1) is 6.26 Å². The number of anilines is 1. The molecule has 0 unspecified atom stereocenters. The second kappa shape index (κ2) is 5.58. The SMILES string of the molecule is CN(C)c1ccc(CCCc2ccco2)cc1. The standard InChI is InChI=1S/C15H19NO/c1-16(2)14-10-8-13(9-11-14)5-3-6-15-7-4-12-17-15/h4,7-12H,3,5-6H2,1-2H3. The second-order valence-corrected chi connectivity index (χ2v) is 4.49. The Kier molecular flexibility index (Phi) is 3.86. The molecule has 1 aromatic carbocycles. The molecule has 0 aliphatic carbocycles. The van der Waals surface area contributed by atoms with Crippen LogP contribution in [-0.4, -0.2) is 14.1 Å². The highest BCUT2D eigenvalue weighted by Crippen LogP contribution is 2.14. The first-order chi connectivity index (χ1) is 8.25. The number of hydrogen-bond acceptors (Lipinski definition) is 2. The molecule has 17 heavy (non-hydrogen) atoms. The minimum atomic E-state index is 1.02. The van der Waals surface area contributed by atoms with Gasteiger partial charge >= 0.3 is 0 Å². The molecule has 2 aromatic rings. The number of rotatable bonds is 5. The van der Waals surface area contributed by atoms with E-state index in [2.05, 4.69) is 43.3 Å². The van der Waals surface area contributed by atoms with Crippen LogP contribution in [0, 0.1) is 0 Å². The molecular weight excluding hydrogens is 210 g/mol. The van der Waals surface area contributed by atoms with Gasteiger partial charge in [-0.3, -0.25) is 0 Å². The van der Waals surface area contributed by atoms with Crippen molar-refractivity contribution in [1.29, 1.82) is 0 Å². The van der Waals surface area contributed by atoms with Crippen LogP contribution in [0.4, 0.5) is 5.69 Å². The molecule has 1 heterocycles. The quantitative estimate of drug-likeness (QED) is 0.780. The molecule has 0 aliphatic rings. The van der Waals surface area contributed by atoms with Crippen molar-refractivity contribution < 1.29 is 4.42 Å². The van der Waals surface area contributed by atoms with E-state index >= 15 is 0 Å². The first kappa shape index (κ1) is 11.8. The zero-order valence-electron chi connectivity index (χ0n) is 10.5. The van der Waals surface area contributed by atoms with Crippen LogP contribution in [0.3, 0.4) is 0 Å². The van der Waals surface area contributed by atoms with Crippen molar-refractivity contribution in [3.63, 3.8) is 0 Å². The summed E-state index contributed by atoms with van der Waals surface area (Å²) in [4.78, 5) is 2.12. The molecule has 0 fully saturated rings. The van der Waals surface area contributed by atoms with Crippen LogP contribution >= 0.6 is 0 Å². The average Bonchev–Trinajstić information content (AvgIpc) is 2.83. The Bertz CT molecular complexity index is 428. The molecule has 2 nitrogen and oxygen atoms in total. The van der Waals surface area contributed by atoms with E-state index in [1.165, 1.54) is 11.3 Å². The van der Waals surface area contributed by atoms with Gasteiger partial charge in [0.2, 0.25) is 0 Å². The number of furan rings is 1. The lowest BCUT2D eigenvalue weighted by atomic mass is 10.1. The first-order valence-corrected chi connectivity index (χ1v) is 6.04. The first-order valence-electron chi connectivity index (χ1n) is 6.04. The van der Waals surface area contributed by atoms with Gasteiger partial charge < -0.3 is 9.32 Å². The summed E-state index contributed by atoms with van der Waals surface area (Å²) in [6, 6.07) is 12.7. The van der Waals surface area contributed by atoms with Gasteiger partial charge in [0.25, 0.3) is 0 Å². The third kappa shape index (κ3) is 3.38. The van der Waals surface area contributed by atoms with Gasteiger partial charge in [-0.1, -0.05) is 12.1 Å². The van der Waals surface area contributed by atoms with E-state index in [1.54, 1.807) is 6.26 Å². The van der Waals surface area contributed by atoms with E-state index in [1.807, 2.05) is 12.1 Å². The Morgan fingerprint density at radius 1 is 1.00 bits per heavy atom. The zero-order chi connectivity index (χ0) is 12.1. The fraction of sp³-hybridized carbons (Fsp3) is 0.333. The zero-order valence-corrected chi connectivity index (χ0v) is 10.5. The minimum Gasteiger partial charge on any atom is -0.469 e. The summed E-state index contributed by atoms with van der Waals surface area (Å²) in [5.41, 5.74) is 2.64. The molecule has 1 aromatic heterocycles. The van der Waals surface area contributed by atoms with Crippen molar-refractivity contribution in [3.05, 3.63) is 54.0 Å². The average molecular weight is 229 g/mol. The summed E-state index contributed by atoms with van der Waals surface area (Å²) in [6.07, 6.45) is 4.99. The molecule has 0 atom stereocenters. The van der Waals surface area contributed by atoms with Gasteiger partial charge in [-0.2, -0.15) is 0 Å². The smallest absolute Gasteiger partial charge is 0.103 e. The lowest BCUT2D eigenvalue weighted by Gasteiger charge is -2.12. The molecule has 0 N–H and O–H groups in total. The van der Waals surface area contributed by atoms with Crippen molar-refractivity contribution in [3.8, 4) is 0 Å². The maximum absolute atomic E-state index is 5.32. The summed E-state index contributed by atoms with van der Waals surface area (Å²) in [5.74, 6) is 1.08. The summed E-state index contributed by atoms with van der Waals surface area (Å²) >= 11 is 0. The maximum atomic E-state index is 5.32. The van der Waals surface area contributed by atoms with Gasteiger partial charge in [0.15, 0.2) is 0 Å². The predicted octanol–water partition coefficient (Wildman–Crippen LogP) is 3.52. The Balaban J connectivity index is 1.83. The lowest BCUT2D eigenvalue weighted by molar-refractivity contribution is 0.502. The molecule has 2 heteroatoms. The van der Waals surface area contributed by atoms with Crippen LogP contribution in [0.25, 0.3) is 0 Å². The van der Waals surface area contributed by atoms with Gasteiger partial charge in [0, 0.05) is 26.2 Å². The van der Waals surface area contributed by atoms with Crippen molar-refractivity contribution in [2.45, 2.75) is 19.3 Å². The summed E-state index contributed by atoms with van der Waals surface area (Å²) in [5, 5.41) is 0. The van der Waals surface area contributed by atoms with Gasteiger partial charge in [-0.25, -0.2) is 0 Å². The van der Waals surface area contributed by atoms with Crippen molar-refractivity contribution in [2.75, 3.05) is 19.0 Å². The van der Waals surface area contributed by atoms with Crippen molar-refractivity contribution in [2.24, 2.45) is 0 Å². The topological polar surface area (TPSA) is 16.4 Å².